The average molecular weight is 172 g/mol. The molecule has 0 bridgehead atoms. The Morgan fingerprint density at radius 1 is 0.667 bits per heavy atom. The zero-order valence-electron chi connectivity index (χ0n) is 12.0. The van der Waals surface area contributed by atoms with Crippen LogP contribution in [-0.2, 0) is 0 Å². The molecule has 1 saturated carbocycles. The predicted octanol–water partition coefficient (Wildman–Crippen LogP) is 4.10. The molecule has 0 N–H and O–H groups in total. The summed E-state index contributed by atoms with van der Waals surface area (Å²) in [4.78, 5) is 0. The molecule has 0 heterocycles. The minimum absolute atomic E-state index is 0.359. The maximum Gasteiger partial charge on any atom is 0.0233 e. The summed E-state index contributed by atoms with van der Waals surface area (Å²) in [5.74, 6) is 1.44. The maximum absolute atomic E-state index is 7.55. The Morgan fingerprint density at radius 2 is 0.917 bits per heavy atom. The minimum Gasteiger partial charge on any atom is -0.0623 e. The van der Waals surface area contributed by atoms with Gasteiger partial charge in [0.2, 0.25) is 0 Å². The highest BCUT2D eigenvalue weighted by molar-refractivity contribution is 4.72. The van der Waals surface area contributed by atoms with Crippen molar-refractivity contribution in [1.82, 2.24) is 0 Å². The number of hydrogen-bond acceptors (Lipinski definition) is 0. The van der Waals surface area contributed by atoms with Gasteiger partial charge in [-0.05, 0) is 23.7 Å². The molecular weight excluding hydrogens is 144 g/mol. The molecule has 4 unspecified atom stereocenters. The summed E-state index contributed by atoms with van der Waals surface area (Å²) in [6, 6.07) is 0. The molecule has 1 rings (SSSR count). The van der Waals surface area contributed by atoms with E-state index in [1.165, 1.54) is 0 Å². The van der Waals surface area contributed by atoms with Gasteiger partial charge in [-0.2, -0.15) is 0 Å². The molecule has 0 nitrogen and oxygen atoms in total. The van der Waals surface area contributed by atoms with Crippen molar-refractivity contribution in [2.45, 2.75) is 53.3 Å². The fraction of sp³-hybridized carbons (Fsp3) is 1.00. The minimum atomic E-state index is 0.359. The van der Waals surface area contributed by atoms with E-state index in [1.54, 1.807) is 0 Å². The van der Waals surface area contributed by atoms with Crippen LogP contribution in [0.5, 0.6) is 0 Å². The van der Waals surface area contributed by atoms with E-state index in [-0.39, 0.29) is 0 Å². The van der Waals surface area contributed by atoms with Gasteiger partial charge in [0.25, 0.3) is 0 Å². The van der Waals surface area contributed by atoms with Crippen molar-refractivity contribution in [3.8, 4) is 0 Å². The maximum atomic E-state index is 7.55. The molecule has 0 aliphatic heterocycles. The molecule has 0 saturated heterocycles. The van der Waals surface area contributed by atoms with Crippen LogP contribution >= 0.6 is 0 Å². The molecule has 0 heteroatoms. The molecule has 0 spiro atoms. The number of hydrogen-bond donors (Lipinski definition) is 0. The Kier molecular flexibility index (Phi) is 2.03. The second-order valence-electron chi connectivity index (χ2n) is 4.20. The molecule has 0 radical (unpaired) electrons. The van der Waals surface area contributed by atoms with Crippen LogP contribution in [0.3, 0.4) is 0 Å². The molecule has 12 heavy (non-hydrogen) atoms. The van der Waals surface area contributed by atoms with Crippen LogP contribution in [0, 0.1) is 23.7 Å². The Hall–Kier alpha value is 0. The van der Waals surface area contributed by atoms with Crippen LogP contribution in [0.25, 0.3) is 0 Å². The lowest BCUT2D eigenvalue weighted by molar-refractivity contribution is 0.219. The van der Waals surface area contributed by atoms with E-state index in [0.717, 1.165) is 25.7 Å². The third-order valence-electron chi connectivity index (χ3n) is 3.15. The summed E-state index contributed by atoms with van der Waals surface area (Å²) in [6.07, 6.45) is 3.97. The fourth-order valence-electron chi connectivity index (χ4n) is 1.80. The molecule has 0 aromatic heterocycles. The Bertz CT molecular complexity index is 146. The van der Waals surface area contributed by atoms with E-state index in [4.69, 9.17) is 5.48 Å². The normalized spacial score (nSPS) is 49.3. The Morgan fingerprint density at radius 3 is 1.08 bits per heavy atom. The molecule has 0 aromatic carbocycles. The quantitative estimate of drug-likeness (QED) is 0.516. The highest BCUT2D eigenvalue weighted by Crippen LogP contribution is 2.32. The topological polar surface area (TPSA) is 0 Å². The van der Waals surface area contributed by atoms with Crippen LogP contribution in [0.15, 0.2) is 0 Å². The van der Waals surface area contributed by atoms with Crippen molar-refractivity contribution < 1.29 is 5.48 Å². The van der Waals surface area contributed by atoms with Gasteiger partial charge in [0, 0.05) is 5.48 Å². The van der Waals surface area contributed by atoms with Crippen molar-refractivity contribution in [2.75, 3.05) is 0 Å². The molecule has 0 amide bonds. The third kappa shape index (κ3) is 2.50. The monoisotopic (exact) mass is 172 g/mol. The van der Waals surface area contributed by atoms with E-state index in [9.17, 15) is 0 Å². The van der Waals surface area contributed by atoms with E-state index in [2.05, 4.69) is 0 Å². The first-order valence-electron chi connectivity index (χ1n) is 7.76. The van der Waals surface area contributed by atoms with Gasteiger partial charge in [0.1, 0.15) is 0 Å². The summed E-state index contributed by atoms with van der Waals surface area (Å²) in [6.45, 7) is 1.72. The lowest BCUT2D eigenvalue weighted by atomic mass is 9.77. The summed E-state index contributed by atoms with van der Waals surface area (Å²) < 4.78 is 30.2. The zero-order chi connectivity index (χ0) is 12.0. The number of rotatable bonds is 0. The molecule has 0 aromatic rings. The fourth-order valence-corrected chi connectivity index (χ4v) is 1.80. The summed E-state index contributed by atoms with van der Waals surface area (Å²) in [7, 11) is 0. The first kappa shape index (κ1) is 5.67. The third-order valence-corrected chi connectivity index (χ3v) is 3.15. The average Bonchev–Trinajstić information content (AvgIpc) is 2.30. The second kappa shape index (κ2) is 4.30. The molecule has 1 aliphatic rings. The molecule has 4 atom stereocenters. The van der Waals surface area contributed by atoms with Crippen molar-refractivity contribution in [3.05, 3.63) is 0 Å². The predicted molar refractivity (Wildman–Crippen MR) is 55.1 cm³/mol. The van der Waals surface area contributed by atoms with Crippen molar-refractivity contribution in [3.63, 3.8) is 0 Å². The first-order chi connectivity index (χ1) is 7.76. The van der Waals surface area contributed by atoms with Gasteiger partial charge in [-0.3, -0.25) is 0 Å². The van der Waals surface area contributed by atoms with Gasteiger partial charge in [-0.1, -0.05) is 53.3 Å². The largest absolute Gasteiger partial charge is 0.0623 e. The molecule has 72 valence electrons. The summed E-state index contributed by atoms with van der Waals surface area (Å²) in [5.41, 5.74) is 0. The van der Waals surface area contributed by atoms with Gasteiger partial charge in [0.15, 0.2) is 0 Å². The smallest absolute Gasteiger partial charge is 0.0233 e. The lowest BCUT2D eigenvalue weighted by Crippen LogP contribution is -2.18. The van der Waals surface area contributed by atoms with Gasteiger partial charge in [-0.25, -0.2) is 0 Å². The zero-order valence-corrected chi connectivity index (χ0v) is 7.97. The lowest BCUT2D eigenvalue weighted by Gasteiger charge is -2.29. The van der Waals surface area contributed by atoms with Crippen LogP contribution in [-0.4, -0.2) is 0 Å². The SMILES string of the molecule is [2H]CC1CCC(C[2H])C(C[2H])CCC1C[2H]. The summed E-state index contributed by atoms with van der Waals surface area (Å²) in [5, 5.41) is 0. The van der Waals surface area contributed by atoms with E-state index in [0.29, 0.717) is 51.3 Å². The molecule has 1 fully saturated rings. The van der Waals surface area contributed by atoms with Gasteiger partial charge >= 0.3 is 0 Å². The molecule has 1 aliphatic carbocycles. The van der Waals surface area contributed by atoms with Crippen molar-refractivity contribution >= 4 is 0 Å². The van der Waals surface area contributed by atoms with E-state index < -0.39 is 0 Å². The van der Waals surface area contributed by atoms with Crippen LogP contribution in [0.2, 0.25) is 0 Å². The Labute approximate surface area is 83.4 Å². The summed E-state index contributed by atoms with van der Waals surface area (Å²) >= 11 is 0. The van der Waals surface area contributed by atoms with Gasteiger partial charge < -0.3 is 0 Å². The van der Waals surface area contributed by atoms with Crippen LogP contribution < -0.4 is 0 Å². The van der Waals surface area contributed by atoms with E-state index >= 15 is 0 Å². The van der Waals surface area contributed by atoms with Gasteiger partial charge in [0.05, 0.1) is 0 Å². The first-order valence-corrected chi connectivity index (χ1v) is 4.93. The Balaban J connectivity index is 2.61. The standard InChI is InChI=1S/C12H24/c1-9-5-6-11(3)12(4)8-7-10(9)2/h9-12H,5-8H2,1-4H3/i1D,2D,3D,4D. The van der Waals surface area contributed by atoms with Crippen molar-refractivity contribution in [2.24, 2.45) is 23.7 Å². The highest BCUT2D eigenvalue weighted by atomic mass is 14.3. The van der Waals surface area contributed by atoms with Crippen molar-refractivity contribution in [1.29, 1.82) is 0 Å². The highest BCUT2D eigenvalue weighted by Gasteiger charge is 2.21. The molecular formula is C12H24. The second-order valence-corrected chi connectivity index (χ2v) is 4.20. The van der Waals surface area contributed by atoms with Crippen LogP contribution in [0.1, 0.15) is 58.8 Å². The van der Waals surface area contributed by atoms with Crippen LogP contribution in [0.4, 0.5) is 0 Å². The van der Waals surface area contributed by atoms with Gasteiger partial charge in [-0.15, -0.1) is 0 Å². The van der Waals surface area contributed by atoms with E-state index in [1.807, 2.05) is 0 Å².